The summed E-state index contributed by atoms with van der Waals surface area (Å²) in [7, 11) is -2.74. The van der Waals surface area contributed by atoms with E-state index in [2.05, 4.69) is 5.32 Å². The fraction of sp³-hybridized carbons (Fsp3) is 0.294. The SMILES string of the molecule is COc1cc(S(=O)(=O)N2CCNCC2c2cccc(F)c2)ccc1[N+](=O)[O-]. The van der Waals surface area contributed by atoms with Gasteiger partial charge in [0.1, 0.15) is 5.82 Å². The molecule has 1 fully saturated rings. The van der Waals surface area contributed by atoms with E-state index in [0.717, 1.165) is 12.1 Å². The number of halogens is 1. The second-order valence-corrected chi connectivity index (χ2v) is 7.87. The van der Waals surface area contributed by atoms with Crippen LogP contribution in [-0.4, -0.2) is 44.4 Å². The number of ether oxygens (including phenoxy) is 1. The zero-order valence-corrected chi connectivity index (χ0v) is 15.3. The van der Waals surface area contributed by atoms with E-state index in [1.54, 1.807) is 6.07 Å². The minimum Gasteiger partial charge on any atom is -0.490 e. The van der Waals surface area contributed by atoms with Gasteiger partial charge in [-0.05, 0) is 23.8 Å². The second kappa shape index (κ2) is 7.59. The third kappa shape index (κ3) is 3.77. The largest absolute Gasteiger partial charge is 0.490 e. The Hall–Kier alpha value is -2.56. The minimum atomic E-state index is -3.98. The summed E-state index contributed by atoms with van der Waals surface area (Å²) in [5.74, 6) is -0.592. The van der Waals surface area contributed by atoms with Crippen LogP contribution in [0.1, 0.15) is 11.6 Å². The molecule has 1 atom stereocenters. The molecule has 2 aromatic carbocycles. The quantitative estimate of drug-likeness (QED) is 0.614. The first kappa shape index (κ1) is 19.2. The van der Waals surface area contributed by atoms with E-state index in [9.17, 15) is 22.9 Å². The molecular formula is C17H18FN3O5S. The number of methoxy groups -OCH3 is 1. The molecular weight excluding hydrogens is 377 g/mol. The summed E-state index contributed by atoms with van der Waals surface area (Å²) in [6, 6.07) is 8.61. The maximum absolute atomic E-state index is 13.6. The number of nitro groups is 1. The normalized spacial score (nSPS) is 18.2. The van der Waals surface area contributed by atoms with Crippen LogP contribution in [0.2, 0.25) is 0 Å². The average Bonchev–Trinajstić information content (AvgIpc) is 2.67. The Morgan fingerprint density at radius 3 is 2.74 bits per heavy atom. The van der Waals surface area contributed by atoms with Gasteiger partial charge < -0.3 is 10.1 Å². The molecule has 0 spiro atoms. The first-order valence-corrected chi connectivity index (χ1v) is 9.59. The first-order chi connectivity index (χ1) is 12.8. The van der Waals surface area contributed by atoms with Crippen LogP contribution in [0.4, 0.5) is 10.1 Å². The van der Waals surface area contributed by atoms with Crippen molar-refractivity contribution in [2.75, 3.05) is 26.7 Å². The molecule has 0 amide bonds. The van der Waals surface area contributed by atoms with Gasteiger partial charge in [-0.2, -0.15) is 4.31 Å². The topological polar surface area (TPSA) is 102 Å². The van der Waals surface area contributed by atoms with Gasteiger partial charge in [-0.15, -0.1) is 0 Å². The third-order valence-corrected chi connectivity index (χ3v) is 6.29. The summed E-state index contributed by atoms with van der Waals surface area (Å²) in [5.41, 5.74) is 0.207. The number of hydrogen-bond donors (Lipinski definition) is 1. The van der Waals surface area contributed by atoms with Crippen LogP contribution in [0.5, 0.6) is 5.75 Å². The van der Waals surface area contributed by atoms with E-state index in [4.69, 9.17) is 4.74 Å². The van der Waals surface area contributed by atoms with Gasteiger partial charge in [0.2, 0.25) is 10.0 Å². The van der Waals surface area contributed by atoms with Crippen LogP contribution in [-0.2, 0) is 10.0 Å². The zero-order chi connectivity index (χ0) is 19.6. The van der Waals surface area contributed by atoms with Crippen molar-refractivity contribution >= 4 is 15.7 Å². The Bertz CT molecular complexity index is 967. The van der Waals surface area contributed by atoms with Crippen molar-refractivity contribution < 1.29 is 22.5 Å². The molecule has 2 aromatic rings. The van der Waals surface area contributed by atoms with Crippen LogP contribution in [0.3, 0.4) is 0 Å². The number of rotatable bonds is 5. The van der Waals surface area contributed by atoms with Crippen LogP contribution < -0.4 is 10.1 Å². The summed E-state index contributed by atoms with van der Waals surface area (Å²) in [4.78, 5) is 10.3. The number of nitrogens with one attached hydrogen (secondary N) is 1. The fourth-order valence-corrected chi connectivity index (χ4v) is 4.71. The molecule has 1 unspecified atom stereocenters. The Labute approximate surface area is 155 Å². The number of hydrogen-bond acceptors (Lipinski definition) is 6. The molecule has 0 aromatic heterocycles. The van der Waals surface area contributed by atoms with E-state index in [1.807, 2.05) is 0 Å². The van der Waals surface area contributed by atoms with E-state index in [0.29, 0.717) is 18.7 Å². The fourth-order valence-electron chi connectivity index (χ4n) is 3.08. The van der Waals surface area contributed by atoms with Gasteiger partial charge in [-0.3, -0.25) is 10.1 Å². The first-order valence-electron chi connectivity index (χ1n) is 8.15. The van der Waals surface area contributed by atoms with Crippen molar-refractivity contribution in [3.05, 3.63) is 64.0 Å². The van der Waals surface area contributed by atoms with Crippen molar-refractivity contribution in [2.45, 2.75) is 10.9 Å². The highest BCUT2D eigenvalue weighted by Crippen LogP contribution is 2.34. The molecule has 0 radical (unpaired) electrons. The Morgan fingerprint density at radius 1 is 1.30 bits per heavy atom. The Kier molecular flexibility index (Phi) is 5.40. The van der Waals surface area contributed by atoms with Gasteiger partial charge in [0.25, 0.3) is 0 Å². The summed E-state index contributed by atoms with van der Waals surface area (Å²) in [5, 5.41) is 14.1. The van der Waals surface area contributed by atoms with Gasteiger partial charge in [-0.25, -0.2) is 12.8 Å². The lowest BCUT2D eigenvalue weighted by Gasteiger charge is -2.35. The second-order valence-electron chi connectivity index (χ2n) is 5.98. The standard InChI is InChI=1S/C17H18FN3O5S/c1-26-17-10-14(5-6-15(17)21(22)23)27(24,25)20-8-7-19-11-16(20)12-3-2-4-13(18)9-12/h2-6,9-10,16,19H,7-8,11H2,1H3. The monoisotopic (exact) mass is 395 g/mol. The van der Waals surface area contributed by atoms with Crippen LogP contribution in [0.25, 0.3) is 0 Å². The van der Waals surface area contributed by atoms with E-state index in [1.165, 1.54) is 35.7 Å². The smallest absolute Gasteiger partial charge is 0.310 e. The van der Waals surface area contributed by atoms with Crippen molar-refractivity contribution in [1.82, 2.24) is 9.62 Å². The maximum atomic E-state index is 13.6. The lowest BCUT2D eigenvalue weighted by atomic mass is 10.1. The highest BCUT2D eigenvalue weighted by molar-refractivity contribution is 7.89. The summed E-state index contributed by atoms with van der Waals surface area (Å²) in [6.07, 6.45) is 0. The molecule has 1 heterocycles. The molecule has 27 heavy (non-hydrogen) atoms. The molecule has 8 nitrogen and oxygen atoms in total. The van der Waals surface area contributed by atoms with Gasteiger partial charge in [0.15, 0.2) is 5.75 Å². The predicted octanol–water partition coefficient (Wildman–Crippen LogP) is 2.08. The number of piperazine rings is 1. The highest BCUT2D eigenvalue weighted by Gasteiger charge is 2.35. The van der Waals surface area contributed by atoms with Crippen molar-refractivity contribution in [3.8, 4) is 5.75 Å². The minimum absolute atomic E-state index is 0.117. The summed E-state index contributed by atoms with van der Waals surface area (Å²) in [6.45, 7) is 0.949. The highest BCUT2D eigenvalue weighted by atomic mass is 32.2. The average molecular weight is 395 g/mol. The Balaban J connectivity index is 2.03. The molecule has 0 saturated carbocycles. The van der Waals surface area contributed by atoms with Gasteiger partial charge in [0, 0.05) is 31.8 Å². The van der Waals surface area contributed by atoms with Crippen LogP contribution in [0.15, 0.2) is 47.4 Å². The molecule has 0 bridgehead atoms. The lowest BCUT2D eigenvalue weighted by Crippen LogP contribution is -2.48. The van der Waals surface area contributed by atoms with Gasteiger partial charge >= 0.3 is 5.69 Å². The Morgan fingerprint density at radius 2 is 2.07 bits per heavy atom. The van der Waals surface area contributed by atoms with Gasteiger partial charge in [-0.1, -0.05) is 12.1 Å². The van der Waals surface area contributed by atoms with Crippen LogP contribution >= 0.6 is 0 Å². The van der Waals surface area contributed by atoms with E-state index >= 15 is 0 Å². The number of benzene rings is 2. The number of nitro benzene ring substituents is 1. The van der Waals surface area contributed by atoms with E-state index < -0.39 is 26.8 Å². The number of nitrogens with zero attached hydrogens (tertiary/aromatic N) is 2. The summed E-state index contributed by atoms with van der Waals surface area (Å²) >= 11 is 0. The molecule has 1 aliphatic rings. The molecule has 10 heteroatoms. The lowest BCUT2D eigenvalue weighted by molar-refractivity contribution is -0.385. The van der Waals surface area contributed by atoms with Gasteiger partial charge in [0.05, 0.1) is 23.0 Å². The molecule has 1 aliphatic heterocycles. The molecule has 1 N–H and O–H groups in total. The summed E-state index contributed by atoms with van der Waals surface area (Å²) < 4.78 is 46.2. The molecule has 3 rings (SSSR count). The molecule has 1 saturated heterocycles. The van der Waals surface area contributed by atoms with Crippen molar-refractivity contribution in [2.24, 2.45) is 0 Å². The van der Waals surface area contributed by atoms with E-state index in [-0.39, 0.29) is 22.9 Å². The van der Waals surface area contributed by atoms with Crippen molar-refractivity contribution in [1.29, 1.82) is 0 Å². The number of sulfonamides is 1. The van der Waals surface area contributed by atoms with Crippen LogP contribution in [0, 0.1) is 15.9 Å². The third-order valence-electron chi connectivity index (χ3n) is 4.38. The molecule has 144 valence electrons. The maximum Gasteiger partial charge on any atom is 0.310 e. The molecule has 0 aliphatic carbocycles. The predicted molar refractivity (Wildman–Crippen MR) is 95.6 cm³/mol. The zero-order valence-electron chi connectivity index (χ0n) is 14.5. The van der Waals surface area contributed by atoms with Crippen molar-refractivity contribution in [3.63, 3.8) is 0 Å².